The highest BCUT2D eigenvalue weighted by Gasteiger charge is 2.37. The van der Waals surface area contributed by atoms with E-state index in [1.54, 1.807) is 11.8 Å². The smallest absolute Gasteiger partial charge is 0.326 e. The number of nitrogens with zero attached hydrogens (tertiary/aromatic N) is 2. The molecular weight excluding hydrogens is 250 g/mol. The zero-order valence-corrected chi connectivity index (χ0v) is 11.0. The molecule has 0 spiro atoms. The largest absolute Gasteiger partial charge is 0.480 e. The third-order valence-electron chi connectivity index (χ3n) is 3.79. The average Bonchev–Trinajstić information content (AvgIpc) is 2.76. The zero-order chi connectivity index (χ0) is 14.0. The molecule has 106 valence electrons. The number of nitrogens with one attached hydrogen (secondary N) is 1. The van der Waals surface area contributed by atoms with E-state index in [1.807, 2.05) is 4.90 Å². The summed E-state index contributed by atoms with van der Waals surface area (Å²) in [5, 5.41) is 11.4. The van der Waals surface area contributed by atoms with Crippen LogP contribution < -0.4 is 5.32 Å². The SMILES string of the molecule is CC[C@@H](NC(=O)N1CCN2C(=O)CCC2C1)C(=O)O. The van der Waals surface area contributed by atoms with Crippen LogP contribution in [0.2, 0.25) is 0 Å². The highest BCUT2D eigenvalue weighted by molar-refractivity contribution is 5.83. The molecule has 2 aliphatic heterocycles. The average molecular weight is 269 g/mol. The number of hydrogen-bond acceptors (Lipinski definition) is 3. The minimum atomic E-state index is -1.02. The second kappa shape index (κ2) is 5.46. The Morgan fingerprint density at radius 2 is 2.21 bits per heavy atom. The van der Waals surface area contributed by atoms with E-state index in [1.165, 1.54) is 0 Å². The van der Waals surface area contributed by atoms with E-state index in [9.17, 15) is 14.4 Å². The van der Waals surface area contributed by atoms with Crippen molar-refractivity contribution in [1.29, 1.82) is 0 Å². The minimum absolute atomic E-state index is 0.0944. The van der Waals surface area contributed by atoms with Gasteiger partial charge in [-0.2, -0.15) is 0 Å². The molecule has 2 atom stereocenters. The molecule has 19 heavy (non-hydrogen) atoms. The Kier molecular flexibility index (Phi) is 3.92. The number of aliphatic carboxylic acids is 1. The Morgan fingerprint density at radius 1 is 1.47 bits per heavy atom. The van der Waals surface area contributed by atoms with Crippen molar-refractivity contribution >= 4 is 17.9 Å². The first-order valence-electron chi connectivity index (χ1n) is 6.60. The molecule has 2 aliphatic rings. The second-order valence-corrected chi connectivity index (χ2v) is 4.97. The summed E-state index contributed by atoms with van der Waals surface area (Å²) in [6.07, 6.45) is 1.68. The first kappa shape index (κ1) is 13.6. The van der Waals surface area contributed by atoms with Gasteiger partial charge in [0, 0.05) is 32.1 Å². The lowest BCUT2D eigenvalue weighted by Gasteiger charge is -2.37. The van der Waals surface area contributed by atoms with Gasteiger partial charge < -0.3 is 20.2 Å². The third kappa shape index (κ3) is 2.80. The van der Waals surface area contributed by atoms with Crippen LogP contribution in [0.5, 0.6) is 0 Å². The quantitative estimate of drug-likeness (QED) is 0.746. The van der Waals surface area contributed by atoms with Crippen LogP contribution in [-0.4, -0.2) is 64.5 Å². The van der Waals surface area contributed by atoms with Crippen molar-refractivity contribution in [3.05, 3.63) is 0 Å². The van der Waals surface area contributed by atoms with Crippen LogP contribution in [0.4, 0.5) is 4.79 Å². The fraction of sp³-hybridized carbons (Fsp3) is 0.750. The summed E-state index contributed by atoms with van der Waals surface area (Å²) in [5.74, 6) is -0.868. The maximum absolute atomic E-state index is 12.0. The molecule has 2 heterocycles. The fourth-order valence-electron chi connectivity index (χ4n) is 2.63. The van der Waals surface area contributed by atoms with Crippen molar-refractivity contribution in [2.75, 3.05) is 19.6 Å². The number of rotatable bonds is 3. The first-order chi connectivity index (χ1) is 9.02. The molecule has 0 aromatic rings. The lowest BCUT2D eigenvalue weighted by Crippen LogP contribution is -2.57. The molecule has 2 saturated heterocycles. The summed E-state index contributed by atoms with van der Waals surface area (Å²) in [6, 6.07) is -1.11. The lowest BCUT2D eigenvalue weighted by atomic mass is 10.1. The van der Waals surface area contributed by atoms with Gasteiger partial charge in [-0.3, -0.25) is 4.79 Å². The summed E-state index contributed by atoms with van der Waals surface area (Å²) >= 11 is 0. The number of carbonyl (C=O) groups excluding carboxylic acids is 2. The monoisotopic (exact) mass is 269 g/mol. The van der Waals surface area contributed by atoms with Crippen molar-refractivity contribution in [2.24, 2.45) is 0 Å². The van der Waals surface area contributed by atoms with Crippen molar-refractivity contribution < 1.29 is 19.5 Å². The molecule has 3 amide bonds. The number of urea groups is 1. The van der Waals surface area contributed by atoms with Crippen LogP contribution in [0, 0.1) is 0 Å². The molecule has 0 aromatic carbocycles. The van der Waals surface area contributed by atoms with Crippen molar-refractivity contribution in [2.45, 2.75) is 38.3 Å². The van der Waals surface area contributed by atoms with E-state index in [4.69, 9.17) is 5.11 Å². The maximum atomic E-state index is 12.0. The molecule has 0 saturated carbocycles. The van der Waals surface area contributed by atoms with E-state index >= 15 is 0 Å². The number of fused-ring (bicyclic) bond motifs is 1. The Labute approximate surface area is 111 Å². The Hall–Kier alpha value is -1.79. The predicted octanol–water partition coefficient (Wildman–Crippen LogP) is -0.134. The molecule has 0 radical (unpaired) electrons. The normalized spacial score (nSPS) is 24.1. The van der Waals surface area contributed by atoms with Gasteiger partial charge in [-0.1, -0.05) is 6.92 Å². The van der Waals surface area contributed by atoms with Gasteiger partial charge in [-0.25, -0.2) is 9.59 Å². The Balaban J connectivity index is 1.91. The molecule has 2 N–H and O–H groups in total. The standard InChI is InChI=1S/C12H19N3O4/c1-2-9(11(17)18)13-12(19)14-5-6-15-8(7-14)3-4-10(15)16/h8-9H,2-7H2,1H3,(H,13,19)(H,17,18)/t8?,9-/m1/s1. The van der Waals surface area contributed by atoms with Gasteiger partial charge in [0.2, 0.25) is 5.91 Å². The van der Waals surface area contributed by atoms with Gasteiger partial charge >= 0.3 is 12.0 Å². The van der Waals surface area contributed by atoms with Gasteiger partial charge in [-0.15, -0.1) is 0 Å². The van der Waals surface area contributed by atoms with Gasteiger partial charge in [-0.05, 0) is 12.8 Å². The molecule has 0 bridgehead atoms. The van der Waals surface area contributed by atoms with Crippen LogP contribution >= 0.6 is 0 Å². The number of hydrogen-bond donors (Lipinski definition) is 2. The van der Waals surface area contributed by atoms with Crippen LogP contribution in [0.3, 0.4) is 0 Å². The summed E-state index contributed by atoms with van der Waals surface area (Å²) in [7, 11) is 0. The predicted molar refractivity (Wildman–Crippen MR) is 66.6 cm³/mol. The lowest BCUT2D eigenvalue weighted by molar-refractivity contribution is -0.139. The Bertz CT molecular complexity index is 398. The number of amides is 3. The van der Waals surface area contributed by atoms with Crippen LogP contribution in [-0.2, 0) is 9.59 Å². The van der Waals surface area contributed by atoms with Crippen molar-refractivity contribution in [3.63, 3.8) is 0 Å². The number of carboxylic acids is 1. The molecule has 2 fully saturated rings. The van der Waals surface area contributed by atoms with Gasteiger partial charge in [0.05, 0.1) is 0 Å². The molecular formula is C12H19N3O4. The van der Waals surface area contributed by atoms with Crippen LogP contribution in [0.25, 0.3) is 0 Å². The van der Waals surface area contributed by atoms with Gasteiger partial charge in [0.1, 0.15) is 6.04 Å². The van der Waals surface area contributed by atoms with Crippen LogP contribution in [0.1, 0.15) is 26.2 Å². The van der Waals surface area contributed by atoms with Crippen LogP contribution in [0.15, 0.2) is 0 Å². The second-order valence-electron chi connectivity index (χ2n) is 4.97. The molecule has 0 aromatic heterocycles. The highest BCUT2D eigenvalue weighted by atomic mass is 16.4. The summed E-state index contributed by atoms with van der Waals surface area (Å²) in [4.78, 5) is 37.8. The van der Waals surface area contributed by atoms with E-state index in [2.05, 4.69) is 5.32 Å². The molecule has 1 unspecified atom stereocenters. The summed E-state index contributed by atoms with van der Waals surface area (Å²) in [6.45, 7) is 3.21. The maximum Gasteiger partial charge on any atom is 0.326 e. The molecule has 7 heteroatoms. The van der Waals surface area contributed by atoms with Crippen molar-refractivity contribution in [1.82, 2.24) is 15.1 Å². The first-order valence-corrected chi connectivity index (χ1v) is 6.60. The number of piperazine rings is 1. The van der Waals surface area contributed by atoms with Gasteiger partial charge in [0.15, 0.2) is 0 Å². The fourth-order valence-corrected chi connectivity index (χ4v) is 2.63. The zero-order valence-electron chi connectivity index (χ0n) is 11.0. The van der Waals surface area contributed by atoms with E-state index in [0.717, 1.165) is 6.42 Å². The minimum Gasteiger partial charge on any atom is -0.480 e. The van der Waals surface area contributed by atoms with E-state index < -0.39 is 12.0 Å². The van der Waals surface area contributed by atoms with Crippen molar-refractivity contribution in [3.8, 4) is 0 Å². The number of carbonyl (C=O) groups is 3. The third-order valence-corrected chi connectivity index (χ3v) is 3.79. The molecule has 0 aliphatic carbocycles. The topological polar surface area (TPSA) is 90.0 Å². The van der Waals surface area contributed by atoms with Gasteiger partial charge in [0.25, 0.3) is 0 Å². The highest BCUT2D eigenvalue weighted by Crippen LogP contribution is 2.22. The van der Waals surface area contributed by atoms with E-state index in [-0.39, 0.29) is 18.0 Å². The molecule has 7 nitrogen and oxygen atoms in total. The van der Waals surface area contributed by atoms with E-state index in [0.29, 0.717) is 32.5 Å². The molecule has 2 rings (SSSR count). The summed E-state index contributed by atoms with van der Waals surface area (Å²) < 4.78 is 0. The Morgan fingerprint density at radius 3 is 2.84 bits per heavy atom. The summed E-state index contributed by atoms with van der Waals surface area (Å²) in [5.41, 5.74) is 0. The number of carboxylic acid groups (broad SMARTS) is 1.